The molecule has 0 spiro atoms. The predicted octanol–water partition coefficient (Wildman–Crippen LogP) is 3.24. The normalized spacial score (nSPS) is 58.6. The molecule has 0 amide bonds. The molecule has 0 radical (unpaired) electrons. The van der Waals surface area contributed by atoms with Gasteiger partial charge in [0.1, 0.15) is 0 Å². The third-order valence-electron chi connectivity index (χ3n) is 6.24. The lowest BCUT2D eigenvalue weighted by Gasteiger charge is -2.46. The molecule has 4 bridgehead atoms. The molecule has 0 heterocycles. The topological polar surface area (TPSA) is 20.2 Å². The highest BCUT2D eigenvalue weighted by Gasteiger charge is 2.68. The van der Waals surface area contributed by atoms with Gasteiger partial charge in [0.25, 0.3) is 0 Å². The Kier molecular flexibility index (Phi) is 1.98. The van der Waals surface area contributed by atoms with E-state index in [9.17, 15) is 5.11 Å². The Morgan fingerprint density at radius 1 is 1.19 bits per heavy atom. The summed E-state index contributed by atoms with van der Waals surface area (Å²) in [6.07, 6.45) is 7.22. The molecule has 0 aliphatic heterocycles. The van der Waals surface area contributed by atoms with Gasteiger partial charge in [-0.25, -0.2) is 0 Å². The second-order valence-electron chi connectivity index (χ2n) is 7.03. The summed E-state index contributed by atoms with van der Waals surface area (Å²) in [5, 5.41) is 10.9. The van der Waals surface area contributed by atoms with E-state index in [1.54, 1.807) is 0 Å². The summed E-state index contributed by atoms with van der Waals surface area (Å²) in [4.78, 5) is 0. The third kappa shape index (κ3) is 0.971. The van der Waals surface area contributed by atoms with Crippen LogP contribution in [0.15, 0.2) is 12.2 Å². The lowest BCUT2D eigenvalue weighted by Crippen LogP contribution is -2.47. The molecule has 2 saturated carbocycles. The van der Waals surface area contributed by atoms with E-state index in [4.69, 9.17) is 0 Å². The van der Waals surface area contributed by atoms with Gasteiger partial charge in [0.05, 0.1) is 5.60 Å². The molecule has 1 nitrogen and oxygen atoms in total. The first-order chi connectivity index (χ1) is 7.39. The van der Waals surface area contributed by atoms with Gasteiger partial charge >= 0.3 is 0 Å². The monoisotopic (exact) mass is 220 g/mol. The van der Waals surface area contributed by atoms with Gasteiger partial charge in [-0.1, -0.05) is 32.9 Å². The van der Waals surface area contributed by atoms with Crippen molar-refractivity contribution >= 4 is 0 Å². The van der Waals surface area contributed by atoms with Gasteiger partial charge in [-0.15, -0.1) is 0 Å². The van der Waals surface area contributed by atoms with Crippen LogP contribution in [0.25, 0.3) is 0 Å². The van der Waals surface area contributed by atoms with Crippen molar-refractivity contribution in [1.29, 1.82) is 0 Å². The summed E-state index contributed by atoms with van der Waals surface area (Å²) in [5.74, 6) is 3.33. The van der Waals surface area contributed by atoms with Crippen molar-refractivity contribution in [3.05, 3.63) is 12.2 Å². The molecule has 0 aromatic heterocycles. The lowest BCUT2D eigenvalue weighted by molar-refractivity contribution is -0.0755. The number of hydrogen-bond acceptors (Lipinski definition) is 1. The van der Waals surface area contributed by atoms with E-state index in [1.807, 2.05) is 0 Å². The molecule has 0 aromatic carbocycles. The predicted molar refractivity (Wildman–Crippen MR) is 65.9 cm³/mol. The quantitative estimate of drug-likeness (QED) is 0.673. The van der Waals surface area contributed by atoms with Gasteiger partial charge in [0.2, 0.25) is 0 Å². The second-order valence-corrected chi connectivity index (χ2v) is 7.03. The Morgan fingerprint density at radius 3 is 2.44 bits per heavy atom. The minimum Gasteiger partial charge on any atom is -0.389 e. The fraction of sp³-hybridized carbons (Fsp3) is 0.867. The zero-order chi connectivity index (χ0) is 11.7. The molecule has 1 unspecified atom stereocenters. The molecule has 16 heavy (non-hydrogen) atoms. The molecule has 1 N–H and O–H groups in total. The van der Waals surface area contributed by atoms with E-state index in [-0.39, 0.29) is 5.41 Å². The Labute approximate surface area is 98.9 Å². The number of aliphatic hydroxyl groups is 1. The van der Waals surface area contributed by atoms with Gasteiger partial charge in [-0.05, 0) is 43.4 Å². The van der Waals surface area contributed by atoms with Gasteiger partial charge < -0.3 is 5.11 Å². The lowest BCUT2D eigenvalue weighted by atomic mass is 9.60. The number of rotatable bonds is 1. The average Bonchev–Trinajstić information content (AvgIpc) is 2.65. The van der Waals surface area contributed by atoms with Crippen LogP contribution in [0.1, 0.15) is 40.5 Å². The van der Waals surface area contributed by atoms with Crippen LogP contribution < -0.4 is 0 Å². The van der Waals surface area contributed by atoms with Gasteiger partial charge in [0, 0.05) is 11.3 Å². The largest absolute Gasteiger partial charge is 0.389 e. The zero-order valence-electron chi connectivity index (χ0n) is 10.9. The maximum absolute atomic E-state index is 10.9. The van der Waals surface area contributed by atoms with E-state index in [0.717, 1.165) is 11.8 Å². The average molecular weight is 220 g/mol. The number of hydrogen-bond donors (Lipinski definition) is 1. The second kappa shape index (κ2) is 2.93. The van der Waals surface area contributed by atoms with Crippen molar-refractivity contribution in [2.75, 3.05) is 0 Å². The van der Waals surface area contributed by atoms with Gasteiger partial charge in [0.15, 0.2) is 0 Å². The summed E-state index contributed by atoms with van der Waals surface area (Å²) < 4.78 is 0. The van der Waals surface area contributed by atoms with Crippen LogP contribution in [-0.4, -0.2) is 10.7 Å². The van der Waals surface area contributed by atoms with Crippen LogP contribution in [0, 0.1) is 35.0 Å². The van der Waals surface area contributed by atoms with E-state index in [1.165, 1.54) is 12.8 Å². The first-order valence-electron chi connectivity index (χ1n) is 6.80. The van der Waals surface area contributed by atoms with Crippen LogP contribution in [0.5, 0.6) is 0 Å². The smallest absolute Gasteiger partial charge is 0.0744 e. The summed E-state index contributed by atoms with van der Waals surface area (Å²) in [5.41, 5.74) is -0.330. The number of allylic oxidation sites excluding steroid dienone is 1. The molecular formula is C15H24O. The molecule has 3 rings (SSSR count). The zero-order valence-corrected chi connectivity index (χ0v) is 10.9. The summed E-state index contributed by atoms with van der Waals surface area (Å²) in [7, 11) is 0. The summed E-state index contributed by atoms with van der Waals surface area (Å²) in [6, 6.07) is 0. The molecule has 2 fully saturated rings. The standard InChI is InChI=1S/C15H24O/c1-9(2)10-7-8-14(3)11-5-6-12(13(10)11)15(14,4)16/h5-6,9-13,16H,7-8H2,1-4H3/t10-,11+,12-,13+,14-,15?/m0/s1. The highest BCUT2D eigenvalue weighted by Crippen LogP contribution is 2.69. The van der Waals surface area contributed by atoms with Crippen molar-refractivity contribution < 1.29 is 5.11 Å². The van der Waals surface area contributed by atoms with Gasteiger partial charge in [-0.3, -0.25) is 0 Å². The van der Waals surface area contributed by atoms with Crippen LogP contribution in [0.3, 0.4) is 0 Å². The van der Waals surface area contributed by atoms with Crippen LogP contribution >= 0.6 is 0 Å². The van der Waals surface area contributed by atoms with Crippen molar-refractivity contribution in [1.82, 2.24) is 0 Å². The minimum absolute atomic E-state index is 0.141. The van der Waals surface area contributed by atoms with Crippen LogP contribution in [0.2, 0.25) is 0 Å². The Hall–Kier alpha value is -0.300. The first kappa shape index (κ1) is 10.8. The maximum atomic E-state index is 10.9. The van der Waals surface area contributed by atoms with Gasteiger partial charge in [-0.2, -0.15) is 0 Å². The Bertz CT molecular complexity index is 333. The Morgan fingerprint density at radius 2 is 1.81 bits per heavy atom. The van der Waals surface area contributed by atoms with E-state index in [0.29, 0.717) is 17.8 Å². The molecule has 1 heteroatoms. The van der Waals surface area contributed by atoms with Crippen molar-refractivity contribution in [3.8, 4) is 0 Å². The molecular weight excluding hydrogens is 196 g/mol. The molecule has 0 saturated heterocycles. The van der Waals surface area contributed by atoms with Crippen LogP contribution in [0.4, 0.5) is 0 Å². The van der Waals surface area contributed by atoms with Crippen LogP contribution in [-0.2, 0) is 0 Å². The summed E-state index contributed by atoms with van der Waals surface area (Å²) >= 11 is 0. The molecule has 0 aromatic rings. The van der Waals surface area contributed by atoms with E-state index >= 15 is 0 Å². The fourth-order valence-electron chi connectivity index (χ4n) is 5.03. The fourth-order valence-corrected chi connectivity index (χ4v) is 5.03. The van der Waals surface area contributed by atoms with E-state index in [2.05, 4.69) is 39.8 Å². The highest BCUT2D eigenvalue weighted by molar-refractivity contribution is 5.29. The SMILES string of the molecule is CC(C)[C@@H]1CC[C@@]2(C)[C@@H]3C=C[C@@H]([C@@H]31)C2(C)O. The maximum Gasteiger partial charge on any atom is 0.0744 e. The van der Waals surface area contributed by atoms with Crippen molar-refractivity contribution in [2.24, 2.45) is 35.0 Å². The minimum atomic E-state index is -0.472. The highest BCUT2D eigenvalue weighted by atomic mass is 16.3. The van der Waals surface area contributed by atoms with E-state index < -0.39 is 5.60 Å². The van der Waals surface area contributed by atoms with Crippen molar-refractivity contribution in [3.63, 3.8) is 0 Å². The molecule has 6 atom stereocenters. The Balaban J connectivity index is 2.05. The third-order valence-corrected chi connectivity index (χ3v) is 6.24. The molecule has 90 valence electrons. The molecule has 3 aliphatic carbocycles. The summed E-state index contributed by atoms with van der Waals surface area (Å²) in [6.45, 7) is 9.08. The first-order valence-corrected chi connectivity index (χ1v) is 6.80. The molecule has 3 aliphatic rings. The van der Waals surface area contributed by atoms with Crippen molar-refractivity contribution in [2.45, 2.75) is 46.1 Å².